The predicted octanol–water partition coefficient (Wildman–Crippen LogP) is 3.66. The molecule has 1 aromatic carbocycles. The molecule has 2 unspecified atom stereocenters. The van der Waals surface area contributed by atoms with Gasteiger partial charge in [-0.2, -0.15) is 0 Å². The van der Waals surface area contributed by atoms with Gasteiger partial charge in [-0.3, -0.25) is 0 Å². The average Bonchev–Trinajstić information content (AvgIpc) is 2.39. The van der Waals surface area contributed by atoms with Gasteiger partial charge in [0.25, 0.3) is 0 Å². The number of halogens is 1. The first-order chi connectivity index (χ1) is 9.86. The number of nitrogens with zero attached hydrogens (tertiary/aromatic N) is 1. The van der Waals surface area contributed by atoms with Crippen LogP contribution in [0.5, 0.6) is 0 Å². The lowest BCUT2D eigenvalue weighted by atomic mass is 9.92. The number of hydrogen-bond donors (Lipinski definition) is 2. The maximum atomic E-state index is 12.3. The average molecular weight is 355 g/mol. The number of nitrogens with one attached hydrogen (secondary N) is 1. The van der Waals surface area contributed by atoms with Crippen LogP contribution in [0.15, 0.2) is 22.7 Å². The van der Waals surface area contributed by atoms with E-state index in [1.807, 2.05) is 4.90 Å². The minimum Gasteiger partial charge on any atom is -0.478 e. The lowest BCUT2D eigenvalue weighted by Crippen LogP contribution is -2.44. The van der Waals surface area contributed by atoms with Crippen LogP contribution < -0.4 is 5.32 Å². The monoisotopic (exact) mass is 354 g/mol. The van der Waals surface area contributed by atoms with Crippen molar-refractivity contribution in [2.45, 2.75) is 20.3 Å². The molecule has 21 heavy (non-hydrogen) atoms. The summed E-state index contributed by atoms with van der Waals surface area (Å²) >= 11 is 3.30. The highest BCUT2D eigenvalue weighted by atomic mass is 79.9. The summed E-state index contributed by atoms with van der Waals surface area (Å²) in [5.41, 5.74) is 0.760. The van der Waals surface area contributed by atoms with Crippen LogP contribution in [-0.4, -0.2) is 35.1 Å². The quantitative estimate of drug-likeness (QED) is 0.851. The van der Waals surface area contributed by atoms with Crippen molar-refractivity contribution in [2.75, 3.05) is 18.4 Å². The van der Waals surface area contributed by atoms with Crippen molar-refractivity contribution < 1.29 is 14.7 Å². The summed E-state index contributed by atoms with van der Waals surface area (Å²) in [6.07, 6.45) is 1.14. The Bertz CT molecular complexity index is 552. The fraction of sp³-hybridized carbons (Fsp3) is 0.467. The number of aromatic carboxylic acids is 1. The standard InChI is InChI=1S/C15H19BrN2O3/c1-9-5-10(2)8-18(7-9)15(21)17-13-4-3-11(14(19)20)6-12(13)16/h3-4,6,9-10H,5,7-8H2,1-2H3,(H,17,21)(H,19,20). The summed E-state index contributed by atoms with van der Waals surface area (Å²) in [6.45, 7) is 5.79. The van der Waals surface area contributed by atoms with Crippen molar-refractivity contribution in [2.24, 2.45) is 11.8 Å². The lowest BCUT2D eigenvalue weighted by Gasteiger charge is -2.35. The predicted molar refractivity (Wildman–Crippen MR) is 84.6 cm³/mol. The van der Waals surface area contributed by atoms with Gasteiger partial charge >= 0.3 is 12.0 Å². The largest absolute Gasteiger partial charge is 0.478 e. The lowest BCUT2D eigenvalue weighted by molar-refractivity contribution is 0.0697. The van der Waals surface area contributed by atoms with E-state index in [-0.39, 0.29) is 11.6 Å². The fourth-order valence-corrected chi connectivity index (χ4v) is 3.25. The van der Waals surface area contributed by atoms with Crippen LogP contribution >= 0.6 is 15.9 Å². The number of carboxylic acids is 1. The first-order valence-corrected chi connectivity index (χ1v) is 7.75. The molecule has 1 aliphatic rings. The van der Waals surface area contributed by atoms with Gasteiger partial charge in [0.1, 0.15) is 0 Å². The maximum Gasteiger partial charge on any atom is 0.335 e. The Hall–Kier alpha value is -1.56. The Morgan fingerprint density at radius 2 is 1.90 bits per heavy atom. The molecular formula is C15H19BrN2O3. The molecule has 1 heterocycles. The van der Waals surface area contributed by atoms with E-state index < -0.39 is 5.97 Å². The molecule has 0 bridgehead atoms. The van der Waals surface area contributed by atoms with Gasteiger partial charge in [0.2, 0.25) is 0 Å². The second-order valence-corrected chi connectivity index (χ2v) is 6.64. The Labute approximate surface area is 132 Å². The number of benzene rings is 1. The van der Waals surface area contributed by atoms with E-state index in [9.17, 15) is 9.59 Å². The number of urea groups is 1. The summed E-state index contributed by atoms with van der Waals surface area (Å²) in [4.78, 5) is 25.0. The van der Waals surface area contributed by atoms with Crippen LogP contribution in [0.3, 0.4) is 0 Å². The zero-order valence-corrected chi connectivity index (χ0v) is 13.7. The third-order valence-corrected chi connectivity index (χ3v) is 4.27. The van der Waals surface area contributed by atoms with Crippen molar-refractivity contribution in [1.29, 1.82) is 0 Å². The molecule has 1 fully saturated rings. The van der Waals surface area contributed by atoms with Gasteiger partial charge < -0.3 is 15.3 Å². The number of anilines is 1. The molecule has 0 spiro atoms. The molecule has 2 amide bonds. The van der Waals surface area contributed by atoms with Crippen molar-refractivity contribution in [3.63, 3.8) is 0 Å². The van der Waals surface area contributed by atoms with E-state index in [1.165, 1.54) is 12.1 Å². The molecule has 1 saturated heterocycles. The number of carboxylic acid groups (broad SMARTS) is 1. The SMILES string of the molecule is CC1CC(C)CN(C(=O)Nc2ccc(C(=O)O)cc2Br)C1. The number of carbonyl (C=O) groups excluding carboxylic acids is 1. The van der Waals surface area contributed by atoms with Gasteiger partial charge in [0.15, 0.2) is 0 Å². The smallest absolute Gasteiger partial charge is 0.335 e. The number of carbonyl (C=O) groups is 2. The van der Waals surface area contributed by atoms with Crippen LogP contribution in [0.2, 0.25) is 0 Å². The van der Waals surface area contributed by atoms with Crippen molar-refractivity contribution in [3.05, 3.63) is 28.2 Å². The third-order valence-electron chi connectivity index (χ3n) is 3.61. The third kappa shape index (κ3) is 3.97. The zero-order chi connectivity index (χ0) is 15.6. The number of amides is 2. The van der Waals surface area contributed by atoms with E-state index in [0.29, 0.717) is 22.0 Å². The molecule has 1 aromatic rings. The Kier molecular flexibility index (Phi) is 4.88. The second kappa shape index (κ2) is 6.47. The molecule has 6 heteroatoms. The van der Waals surface area contributed by atoms with Gasteiger partial charge in [0.05, 0.1) is 11.3 Å². The van der Waals surface area contributed by atoms with Crippen LogP contribution in [0.1, 0.15) is 30.6 Å². The number of hydrogen-bond acceptors (Lipinski definition) is 2. The summed E-state index contributed by atoms with van der Waals surface area (Å²) in [6, 6.07) is 4.42. The first kappa shape index (κ1) is 15.8. The van der Waals surface area contributed by atoms with Crippen molar-refractivity contribution >= 4 is 33.6 Å². The molecule has 2 atom stereocenters. The number of likely N-dealkylation sites (tertiary alicyclic amines) is 1. The van der Waals surface area contributed by atoms with Gasteiger partial charge in [-0.05, 0) is 52.4 Å². The molecular weight excluding hydrogens is 336 g/mol. The summed E-state index contributed by atoms with van der Waals surface area (Å²) in [7, 11) is 0. The Morgan fingerprint density at radius 1 is 1.29 bits per heavy atom. The molecule has 2 N–H and O–H groups in total. The molecule has 0 radical (unpaired) electrons. The van der Waals surface area contributed by atoms with E-state index in [2.05, 4.69) is 35.1 Å². The summed E-state index contributed by atoms with van der Waals surface area (Å²) in [5.74, 6) is 0.00177. The highest BCUT2D eigenvalue weighted by Crippen LogP contribution is 2.26. The molecule has 5 nitrogen and oxygen atoms in total. The minimum atomic E-state index is -0.993. The van der Waals surface area contributed by atoms with Crippen molar-refractivity contribution in [1.82, 2.24) is 4.90 Å². The van der Waals surface area contributed by atoms with E-state index in [1.54, 1.807) is 6.07 Å². The topological polar surface area (TPSA) is 69.6 Å². The zero-order valence-electron chi connectivity index (χ0n) is 12.1. The van der Waals surface area contributed by atoms with Gasteiger partial charge in [-0.1, -0.05) is 13.8 Å². The van der Waals surface area contributed by atoms with Crippen molar-refractivity contribution in [3.8, 4) is 0 Å². The first-order valence-electron chi connectivity index (χ1n) is 6.95. The maximum absolute atomic E-state index is 12.3. The summed E-state index contributed by atoms with van der Waals surface area (Å²) in [5, 5.41) is 11.8. The van der Waals surface area contributed by atoms with Gasteiger partial charge in [-0.25, -0.2) is 9.59 Å². The molecule has 0 aromatic heterocycles. The van der Waals surface area contributed by atoms with E-state index in [0.717, 1.165) is 19.5 Å². The van der Waals surface area contributed by atoms with Crippen LogP contribution in [-0.2, 0) is 0 Å². The second-order valence-electron chi connectivity index (χ2n) is 5.78. The van der Waals surface area contributed by atoms with Crippen LogP contribution in [0.4, 0.5) is 10.5 Å². The molecule has 114 valence electrons. The van der Waals surface area contributed by atoms with Crippen LogP contribution in [0, 0.1) is 11.8 Å². The normalized spacial score (nSPS) is 22.0. The Morgan fingerprint density at radius 3 is 2.43 bits per heavy atom. The highest BCUT2D eigenvalue weighted by molar-refractivity contribution is 9.10. The minimum absolute atomic E-state index is 0.142. The molecule has 0 aliphatic carbocycles. The van der Waals surface area contributed by atoms with E-state index >= 15 is 0 Å². The van der Waals surface area contributed by atoms with Gasteiger partial charge in [0, 0.05) is 17.6 Å². The Balaban J connectivity index is 2.07. The highest BCUT2D eigenvalue weighted by Gasteiger charge is 2.25. The molecule has 2 rings (SSSR count). The molecule has 1 aliphatic heterocycles. The van der Waals surface area contributed by atoms with Crippen LogP contribution in [0.25, 0.3) is 0 Å². The van der Waals surface area contributed by atoms with E-state index in [4.69, 9.17) is 5.11 Å². The fourth-order valence-electron chi connectivity index (χ4n) is 2.77. The summed E-state index contributed by atoms with van der Waals surface area (Å²) < 4.78 is 0.564. The van der Waals surface area contributed by atoms with Gasteiger partial charge in [-0.15, -0.1) is 0 Å². The molecule has 0 saturated carbocycles. The number of piperidine rings is 1. The number of rotatable bonds is 2.